The highest BCUT2D eigenvalue weighted by Crippen LogP contribution is 2.27. The number of aromatic nitrogens is 2. The van der Waals surface area contributed by atoms with Gasteiger partial charge in [-0.05, 0) is 37.3 Å². The maximum atomic E-state index is 4.25. The van der Waals surface area contributed by atoms with Crippen molar-refractivity contribution in [1.82, 2.24) is 15.5 Å². The largest absolute Gasteiger partial charge is 0.314 e. The van der Waals surface area contributed by atoms with E-state index in [1.165, 1.54) is 17.7 Å². The van der Waals surface area contributed by atoms with E-state index in [-0.39, 0.29) is 0 Å². The summed E-state index contributed by atoms with van der Waals surface area (Å²) in [6.45, 7) is 1.11. The monoisotopic (exact) mass is 265 g/mol. The lowest BCUT2D eigenvalue weighted by molar-refractivity contribution is 0.643. The van der Waals surface area contributed by atoms with Crippen molar-refractivity contribution >= 4 is 22.7 Å². The molecule has 0 spiro atoms. The molecule has 3 nitrogen and oxygen atoms in total. The molecule has 1 aliphatic rings. The summed E-state index contributed by atoms with van der Waals surface area (Å²) in [6.07, 6.45) is 4.93. The van der Waals surface area contributed by atoms with Crippen LogP contribution < -0.4 is 5.32 Å². The van der Waals surface area contributed by atoms with Crippen LogP contribution in [0.15, 0.2) is 17.5 Å². The number of nitrogens with zero attached hydrogens (tertiary/aromatic N) is 2. The molecule has 0 aliphatic heterocycles. The molecule has 0 bridgehead atoms. The Morgan fingerprint density at radius 2 is 2.29 bits per heavy atom. The maximum absolute atomic E-state index is 4.25. The van der Waals surface area contributed by atoms with Gasteiger partial charge in [-0.25, -0.2) is 0 Å². The number of hydrogen-bond donors (Lipinski definition) is 1. The van der Waals surface area contributed by atoms with Crippen LogP contribution in [0.25, 0.3) is 9.88 Å². The third-order valence-electron chi connectivity index (χ3n) is 2.78. The molecule has 1 fully saturated rings. The van der Waals surface area contributed by atoms with Gasteiger partial charge in [-0.2, -0.15) is 0 Å². The summed E-state index contributed by atoms with van der Waals surface area (Å²) in [7, 11) is 0. The molecule has 0 aromatic carbocycles. The first-order chi connectivity index (χ1) is 8.42. The molecule has 90 valence electrons. The van der Waals surface area contributed by atoms with E-state index in [4.69, 9.17) is 0 Å². The van der Waals surface area contributed by atoms with Gasteiger partial charge in [0.2, 0.25) is 0 Å². The first-order valence-corrected chi connectivity index (χ1v) is 7.71. The van der Waals surface area contributed by atoms with E-state index in [1.54, 1.807) is 22.7 Å². The Morgan fingerprint density at radius 3 is 3.06 bits per heavy atom. The molecule has 1 aliphatic carbocycles. The van der Waals surface area contributed by atoms with Crippen LogP contribution in [0, 0.1) is 0 Å². The second kappa shape index (κ2) is 5.25. The molecule has 1 saturated carbocycles. The molecule has 3 rings (SSSR count). The van der Waals surface area contributed by atoms with Crippen molar-refractivity contribution in [2.24, 2.45) is 0 Å². The standard InChI is InChI=1S/C12H15N3S2/c1(7-13-9-5-6-9)4-11-14-15-12(17-11)10-3-2-8-16-10/h2-3,8-9,13H,1,4-7H2. The van der Waals surface area contributed by atoms with Gasteiger partial charge in [-0.15, -0.1) is 21.5 Å². The second-order valence-corrected chi connectivity index (χ2v) is 6.32. The highest BCUT2D eigenvalue weighted by Gasteiger charge is 2.19. The van der Waals surface area contributed by atoms with Gasteiger partial charge in [0, 0.05) is 12.5 Å². The van der Waals surface area contributed by atoms with Crippen LogP contribution in [-0.2, 0) is 6.42 Å². The quantitative estimate of drug-likeness (QED) is 0.816. The van der Waals surface area contributed by atoms with Crippen molar-refractivity contribution in [3.8, 4) is 9.88 Å². The van der Waals surface area contributed by atoms with Crippen LogP contribution >= 0.6 is 22.7 Å². The maximum Gasteiger partial charge on any atom is 0.157 e. The Bertz CT molecular complexity index is 460. The Labute approximate surface area is 109 Å². The first-order valence-electron chi connectivity index (χ1n) is 6.01. The van der Waals surface area contributed by atoms with Crippen molar-refractivity contribution in [2.45, 2.75) is 31.7 Å². The molecule has 0 saturated heterocycles. The van der Waals surface area contributed by atoms with Gasteiger partial charge in [-0.1, -0.05) is 17.4 Å². The molecule has 0 atom stereocenters. The average molecular weight is 265 g/mol. The third kappa shape index (κ3) is 3.12. The number of aryl methyl sites for hydroxylation is 1. The fourth-order valence-corrected chi connectivity index (χ4v) is 3.36. The van der Waals surface area contributed by atoms with Crippen molar-refractivity contribution in [2.75, 3.05) is 6.54 Å². The fraction of sp³-hybridized carbons (Fsp3) is 0.500. The SMILES string of the molecule is c1csc(-c2nnc(CCCNC3CC3)s2)c1. The van der Waals surface area contributed by atoms with E-state index in [2.05, 4.69) is 33.0 Å². The van der Waals surface area contributed by atoms with Crippen LogP contribution in [0.2, 0.25) is 0 Å². The van der Waals surface area contributed by atoms with Gasteiger partial charge >= 0.3 is 0 Å². The lowest BCUT2D eigenvalue weighted by Gasteiger charge is -1.99. The van der Waals surface area contributed by atoms with Crippen LogP contribution in [0.5, 0.6) is 0 Å². The van der Waals surface area contributed by atoms with E-state index < -0.39 is 0 Å². The van der Waals surface area contributed by atoms with Crippen LogP contribution in [0.4, 0.5) is 0 Å². The highest BCUT2D eigenvalue weighted by molar-refractivity contribution is 7.20. The molecule has 0 radical (unpaired) electrons. The zero-order valence-electron chi connectivity index (χ0n) is 9.56. The van der Waals surface area contributed by atoms with Crippen molar-refractivity contribution in [1.29, 1.82) is 0 Å². The van der Waals surface area contributed by atoms with Crippen molar-refractivity contribution in [3.05, 3.63) is 22.5 Å². The van der Waals surface area contributed by atoms with E-state index in [0.717, 1.165) is 35.4 Å². The van der Waals surface area contributed by atoms with Crippen molar-refractivity contribution in [3.63, 3.8) is 0 Å². The van der Waals surface area contributed by atoms with Gasteiger partial charge in [0.1, 0.15) is 5.01 Å². The predicted octanol–water partition coefficient (Wildman–Crippen LogP) is 2.95. The topological polar surface area (TPSA) is 37.8 Å². The van der Waals surface area contributed by atoms with Crippen LogP contribution in [0.3, 0.4) is 0 Å². The second-order valence-electron chi connectivity index (χ2n) is 4.31. The normalized spacial score (nSPS) is 15.3. The summed E-state index contributed by atoms with van der Waals surface area (Å²) in [5.74, 6) is 0. The summed E-state index contributed by atoms with van der Waals surface area (Å²) in [5, 5.41) is 16.3. The minimum absolute atomic E-state index is 0.811. The summed E-state index contributed by atoms with van der Waals surface area (Å²) in [5.41, 5.74) is 0. The predicted molar refractivity (Wildman–Crippen MR) is 72.6 cm³/mol. The fourth-order valence-electron chi connectivity index (χ4n) is 1.69. The van der Waals surface area contributed by atoms with E-state index in [9.17, 15) is 0 Å². The summed E-state index contributed by atoms with van der Waals surface area (Å²) >= 11 is 3.45. The van der Waals surface area contributed by atoms with Gasteiger partial charge in [-0.3, -0.25) is 0 Å². The molecule has 0 unspecified atom stereocenters. The first kappa shape index (κ1) is 11.3. The highest BCUT2D eigenvalue weighted by atomic mass is 32.1. The lowest BCUT2D eigenvalue weighted by atomic mass is 10.3. The Morgan fingerprint density at radius 1 is 1.35 bits per heavy atom. The Balaban J connectivity index is 1.50. The van der Waals surface area contributed by atoms with Gasteiger partial charge < -0.3 is 5.32 Å². The summed E-state index contributed by atoms with van der Waals surface area (Å²) in [6, 6.07) is 4.97. The Hall–Kier alpha value is -0.780. The molecule has 2 aromatic rings. The zero-order chi connectivity index (χ0) is 11.5. The summed E-state index contributed by atoms with van der Waals surface area (Å²) < 4.78 is 0. The molecule has 2 aromatic heterocycles. The Kier molecular flexibility index (Phi) is 3.49. The molecule has 17 heavy (non-hydrogen) atoms. The number of hydrogen-bond acceptors (Lipinski definition) is 5. The third-order valence-corrected chi connectivity index (χ3v) is 4.80. The molecule has 0 amide bonds. The number of nitrogens with one attached hydrogen (secondary N) is 1. The molecule has 5 heteroatoms. The van der Waals surface area contributed by atoms with E-state index in [0.29, 0.717) is 0 Å². The van der Waals surface area contributed by atoms with Crippen LogP contribution in [0.1, 0.15) is 24.3 Å². The molecular weight excluding hydrogens is 250 g/mol. The lowest BCUT2D eigenvalue weighted by Crippen LogP contribution is -2.17. The van der Waals surface area contributed by atoms with E-state index >= 15 is 0 Å². The van der Waals surface area contributed by atoms with Crippen molar-refractivity contribution < 1.29 is 0 Å². The minimum Gasteiger partial charge on any atom is -0.314 e. The van der Waals surface area contributed by atoms with Gasteiger partial charge in [0.25, 0.3) is 0 Å². The minimum atomic E-state index is 0.811. The van der Waals surface area contributed by atoms with Gasteiger partial charge in [0.05, 0.1) is 4.88 Å². The molecule has 1 N–H and O–H groups in total. The molecule has 2 heterocycles. The smallest absolute Gasteiger partial charge is 0.157 e. The summed E-state index contributed by atoms with van der Waals surface area (Å²) in [4.78, 5) is 1.23. The molecular formula is C12H15N3S2. The van der Waals surface area contributed by atoms with E-state index in [1.807, 2.05) is 0 Å². The number of rotatable bonds is 6. The zero-order valence-corrected chi connectivity index (χ0v) is 11.2. The average Bonchev–Trinajstić information content (AvgIpc) is 2.84. The van der Waals surface area contributed by atoms with Crippen LogP contribution in [-0.4, -0.2) is 22.8 Å². The number of thiophene rings is 1. The van der Waals surface area contributed by atoms with Gasteiger partial charge in [0.15, 0.2) is 5.01 Å².